The van der Waals surface area contributed by atoms with Crippen molar-refractivity contribution in [3.8, 4) is 0 Å². The second kappa shape index (κ2) is 4.88. The summed E-state index contributed by atoms with van der Waals surface area (Å²) in [6.45, 7) is 2.79. The predicted octanol–water partition coefficient (Wildman–Crippen LogP) is 2.33. The summed E-state index contributed by atoms with van der Waals surface area (Å²) in [5, 5.41) is 9.03. The number of benzene rings is 1. The summed E-state index contributed by atoms with van der Waals surface area (Å²) >= 11 is 0. The number of rotatable bonds is 3. The molecule has 2 rings (SSSR count). The van der Waals surface area contributed by atoms with E-state index in [4.69, 9.17) is 5.11 Å². The monoisotopic (exact) mass is 233 g/mol. The molecule has 0 fully saturated rings. The zero-order valence-corrected chi connectivity index (χ0v) is 10.4. The van der Waals surface area contributed by atoms with E-state index in [0.717, 1.165) is 13.0 Å². The summed E-state index contributed by atoms with van der Waals surface area (Å²) < 4.78 is 0. The summed E-state index contributed by atoms with van der Waals surface area (Å²) in [4.78, 5) is 13.2. The van der Waals surface area contributed by atoms with Gasteiger partial charge in [0.1, 0.15) is 0 Å². The van der Waals surface area contributed by atoms with Crippen LogP contribution in [0.4, 0.5) is 0 Å². The number of carboxylic acid groups (broad SMARTS) is 1. The third-order valence-electron chi connectivity index (χ3n) is 3.68. The first kappa shape index (κ1) is 12.1. The molecular weight excluding hydrogens is 214 g/mol. The standard InChI is InChI=1S/C14H19NO2/c1-10(14(16)17)9-13-12-6-4-3-5-11(12)7-8-15(13)2/h3-6,10,13H,7-9H2,1-2H3,(H,16,17). The van der Waals surface area contributed by atoms with Crippen molar-refractivity contribution >= 4 is 5.97 Å². The van der Waals surface area contributed by atoms with Crippen molar-refractivity contribution in [1.29, 1.82) is 0 Å². The van der Waals surface area contributed by atoms with E-state index in [2.05, 4.69) is 30.1 Å². The average molecular weight is 233 g/mol. The van der Waals surface area contributed by atoms with E-state index in [-0.39, 0.29) is 12.0 Å². The molecule has 1 heterocycles. The molecule has 1 N–H and O–H groups in total. The summed E-state index contributed by atoms with van der Waals surface area (Å²) in [5.74, 6) is -1.00. The number of nitrogens with zero attached hydrogens (tertiary/aromatic N) is 1. The number of hydrogen-bond donors (Lipinski definition) is 1. The van der Waals surface area contributed by atoms with Crippen LogP contribution in [0.25, 0.3) is 0 Å². The fraction of sp³-hybridized carbons (Fsp3) is 0.500. The second-order valence-corrected chi connectivity index (χ2v) is 4.92. The molecule has 0 saturated carbocycles. The van der Waals surface area contributed by atoms with Gasteiger partial charge in [-0.3, -0.25) is 9.69 Å². The molecule has 3 heteroatoms. The van der Waals surface area contributed by atoms with E-state index in [1.54, 1.807) is 6.92 Å². The van der Waals surface area contributed by atoms with E-state index in [1.165, 1.54) is 11.1 Å². The number of carbonyl (C=O) groups is 1. The van der Waals surface area contributed by atoms with Gasteiger partial charge in [0.2, 0.25) is 0 Å². The maximum Gasteiger partial charge on any atom is 0.306 e. The molecule has 2 atom stereocenters. The highest BCUT2D eigenvalue weighted by molar-refractivity contribution is 5.69. The van der Waals surface area contributed by atoms with Crippen LogP contribution >= 0.6 is 0 Å². The van der Waals surface area contributed by atoms with Gasteiger partial charge >= 0.3 is 5.97 Å². The largest absolute Gasteiger partial charge is 0.481 e. The Kier molecular flexibility index (Phi) is 3.48. The Bertz CT molecular complexity index is 416. The minimum Gasteiger partial charge on any atom is -0.481 e. The maximum atomic E-state index is 11.0. The fourth-order valence-electron chi connectivity index (χ4n) is 2.52. The van der Waals surface area contributed by atoms with Crippen molar-refractivity contribution in [2.45, 2.75) is 25.8 Å². The van der Waals surface area contributed by atoms with Crippen LogP contribution in [0.1, 0.15) is 30.5 Å². The predicted molar refractivity (Wildman–Crippen MR) is 66.9 cm³/mol. The minimum absolute atomic E-state index is 0.242. The lowest BCUT2D eigenvalue weighted by Gasteiger charge is -2.35. The summed E-state index contributed by atoms with van der Waals surface area (Å²) in [6.07, 6.45) is 1.74. The Morgan fingerprint density at radius 3 is 2.94 bits per heavy atom. The molecule has 0 radical (unpaired) electrons. The highest BCUT2D eigenvalue weighted by atomic mass is 16.4. The fourth-order valence-corrected chi connectivity index (χ4v) is 2.52. The van der Waals surface area contributed by atoms with Crippen molar-refractivity contribution in [1.82, 2.24) is 4.90 Å². The van der Waals surface area contributed by atoms with Gasteiger partial charge in [-0.15, -0.1) is 0 Å². The van der Waals surface area contributed by atoms with Gasteiger partial charge in [0.25, 0.3) is 0 Å². The van der Waals surface area contributed by atoms with Crippen LogP contribution in [-0.2, 0) is 11.2 Å². The van der Waals surface area contributed by atoms with E-state index < -0.39 is 5.97 Å². The second-order valence-electron chi connectivity index (χ2n) is 4.92. The molecule has 0 amide bonds. The smallest absolute Gasteiger partial charge is 0.306 e. The average Bonchev–Trinajstić information content (AvgIpc) is 2.32. The van der Waals surface area contributed by atoms with Crippen molar-refractivity contribution in [2.24, 2.45) is 5.92 Å². The number of aliphatic carboxylic acids is 1. The molecule has 1 aliphatic heterocycles. The molecule has 17 heavy (non-hydrogen) atoms. The SMILES string of the molecule is CC(CC1c2ccccc2CCN1C)C(=O)O. The van der Waals surface area contributed by atoms with Crippen molar-refractivity contribution in [3.63, 3.8) is 0 Å². The normalized spacial score (nSPS) is 21.9. The van der Waals surface area contributed by atoms with Gasteiger partial charge in [0.15, 0.2) is 0 Å². The highest BCUT2D eigenvalue weighted by Gasteiger charge is 2.27. The van der Waals surface area contributed by atoms with Gasteiger partial charge in [-0.2, -0.15) is 0 Å². The highest BCUT2D eigenvalue weighted by Crippen LogP contribution is 2.33. The van der Waals surface area contributed by atoms with Crippen LogP contribution in [0.3, 0.4) is 0 Å². The van der Waals surface area contributed by atoms with Crippen molar-refractivity contribution in [3.05, 3.63) is 35.4 Å². The Morgan fingerprint density at radius 2 is 2.24 bits per heavy atom. The van der Waals surface area contributed by atoms with E-state index in [0.29, 0.717) is 6.42 Å². The molecular formula is C14H19NO2. The molecule has 0 bridgehead atoms. The quantitative estimate of drug-likeness (QED) is 0.871. The molecule has 2 unspecified atom stereocenters. The number of likely N-dealkylation sites (N-methyl/N-ethyl adjacent to an activating group) is 1. The summed E-state index contributed by atoms with van der Waals surface area (Å²) in [7, 11) is 2.08. The molecule has 1 aromatic carbocycles. The lowest BCUT2D eigenvalue weighted by molar-refractivity contribution is -0.141. The number of fused-ring (bicyclic) bond motifs is 1. The minimum atomic E-state index is -0.707. The van der Waals surface area contributed by atoms with Crippen LogP contribution < -0.4 is 0 Å². The van der Waals surface area contributed by atoms with E-state index in [1.807, 2.05) is 6.07 Å². The van der Waals surface area contributed by atoms with Gasteiger partial charge in [0, 0.05) is 12.6 Å². The van der Waals surface area contributed by atoms with Crippen LogP contribution in [0, 0.1) is 5.92 Å². The first-order valence-corrected chi connectivity index (χ1v) is 6.10. The topological polar surface area (TPSA) is 40.5 Å². The zero-order valence-electron chi connectivity index (χ0n) is 10.4. The van der Waals surface area contributed by atoms with Gasteiger partial charge < -0.3 is 5.11 Å². The zero-order chi connectivity index (χ0) is 12.4. The molecule has 0 spiro atoms. The van der Waals surface area contributed by atoms with Gasteiger partial charge in [-0.1, -0.05) is 31.2 Å². The number of hydrogen-bond acceptors (Lipinski definition) is 2. The van der Waals surface area contributed by atoms with Gasteiger partial charge in [-0.05, 0) is 31.0 Å². The maximum absolute atomic E-state index is 11.0. The van der Waals surface area contributed by atoms with Crippen molar-refractivity contribution < 1.29 is 9.90 Å². The Hall–Kier alpha value is -1.35. The van der Waals surface area contributed by atoms with Crippen LogP contribution in [-0.4, -0.2) is 29.6 Å². The molecule has 3 nitrogen and oxygen atoms in total. The van der Waals surface area contributed by atoms with Crippen molar-refractivity contribution in [2.75, 3.05) is 13.6 Å². The molecule has 0 aromatic heterocycles. The summed E-state index contributed by atoms with van der Waals surface area (Å²) in [5.41, 5.74) is 2.67. The van der Waals surface area contributed by atoms with E-state index in [9.17, 15) is 4.79 Å². The van der Waals surface area contributed by atoms with Crippen LogP contribution in [0.2, 0.25) is 0 Å². The number of carboxylic acids is 1. The third kappa shape index (κ3) is 2.50. The first-order chi connectivity index (χ1) is 8.09. The molecule has 0 saturated heterocycles. The molecule has 1 aromatic rings. The summed E-state index contributed by atoms with van der Waals surface area (Å²) in [6, 6.07) is 8.62. The van der Waals surface area contributed by atoms with Gasteiger partial charge in [-0.25, -0.2) is 0 Å². The Labute approximate surface area is 102 Å². The molecule has 92 valence electrons. The third-order valence-corrected chi connectivity index (χ3v) is 3.68. The van der Waals surface area contributed by atoms with Gasteiger partial charge in [0.05, 0.1) is 5.92 Å². The lowest BCUT2D eigenvalue weighted by atomic mass is 9.87. The van der Waals surface area contributed by atoms with Crippen LogP contribution in [0.15, 0.2) is 24.3 Å². The Balaban J connectivity index is 2.23. The van der Waals surface area contributed by atoms with E-state index >= 15 is 0 Å². The molecule has 0 aliphatic carbocycles. The Morgan fingerprint density at radius 1 is 1.53 bits per heavy atom. The lowest BCUT2D eigenvalue weighted by Crippen LogP contribution is -2.34. The van der Waals surface area contributed by atoms with Crippen LogP contribution in [0.5, 0.6) is 0 Å². The molecule has 1 aliphatic rings. The first-order valence-electron chi connectivity index (χ1n) is 6.10.